The Labute approximate surface area is 148 Å². The Morgan fingerprint density at radius 2 is 1.80 bits per heavy atom. The van der Waals surface area contributed by atoms with Gasteiger partial charge in [-0.3, -0.25) is 14.4 Å². The SMILES string of the molecule is CC[C@H](C)NC(=O)c1ccccc1NC(=O)[C@@H]1CCCC[C@@H]1C(=O)O. The smallest absolute Gasteiger partial charge is 0.307 e. The molecule has 2 amide bonds. The quantitative estimate of drug-likeness (QED) is 0.738. The Morgan fingerprint density at radius 1 is 1.16 bits per heavy atom. The predicted molar refractivity (Wildman–Crippen MR) is 95.4 cm³/mol. The molecular weight excluding hydrogens is 320 g/mol. The highest BCUT2D eigenvalue weighted by atomic mass is 16.4. The van der Waals surface area contributed by atoms with Gasteiger partial charge in [0, 0.05) is 6.04 Å². The molecule has 1 aromatic carbocycles. The first kappa shape index (κ1) is 19.0. The van der Waals surface area contributed by atoms with Crippen molar-refractivity contribution in [1.29, 1.82) is 0 Å². The molecule has 0 unspecified atom stereocenters. The molecule has 136 valence electrons. The first-order valence-electron chi connectivity index (χ1n) is 8.87. The van der Waals surface area contributed by atoms with Gasteiger partial charge < -0.3 is 15.7 Å². The molecule has 3 N–H and O–H groups in total. The number of aliphatic carboxylic acids is 1. The van der Waals surface area contributed by atoms with Crippen molar-refractivity contribution >= 4 is 23.5 Å². The van der Waals surface area contributed by atoms with E-state index >= 15 is 0 Å². The van der Waals surface area contributed by atoms with Crippen LogP contribution in [0.4, 0.5) is 5.69 Å². The van der Waals surface area contributed by atoms with Gasteiger partial charge in [-0.2, -0.15) is 0 Å². The fourth-order valence-corrected chi connectivity index (χ4v) is 3.16. The number of anilines is 1. The van der Waals surface area contributed by atoms with E-state index in [0.717, 1.165) is 19.3 Å². The molecule has 0 bridgehead atoms. The van der Waals surface area contributed by atoms with Crippen LogP contribution in [0.1, 0.15) is 56.3 Å². The molecule has 6 nitrogen and oxygen atoms in total. The second kappa shape index (κ2) is 8.65. The first-order valence-corrected chi connectivity index (χ1v) is 8.87. The molecule has 0 spiro atoms. The summed E-state index contributed by atoms with van der Waals surface area (Å²) in [6.07, 6.45) is 3.56. The van der Waals surface area contributed by atoms with Gasteiger partial charge in [0.1, 0.15) is 0 Å². The molecule has 0 heterocycles. The van der Waals surface area contributed by atoms with E-state index in [4.69, 9.17) is 0 Å². The summed E-state index contributed by atoms with van der Waals surface area (Å²) in [6.45, 7) is 3.90. The second-order valence-corrected chi connectivity index (χ2v) is 6.65. The van der Waals surface area contributed by atoms with Crippen LogP contribution >= 0.6 is 0 Å². The van der Waals surface area contributed by atoms with E-state index in [-0.39, 0.29) is 17.9 Å². The molecule has 25 heavy (non-hydrogen) atoms. The Bertz CT molecular complexity index is 644. The summed E-state index contributed by atoms with van der Waals surface area (Å²) in [4.78, 5) is 36.4. The highest BCUT2D eigenvalue weighted by Crippen LogP contribution is 2.31. The van der Waals surface area contributed by atoms with Crippen LogP contribution in [0.2, 0.25) is 0 Å². The van der Waals surface area contributed by atoms with Gasteiger partial charge >= 0.3 is 5.97 Å². The van der Waals surface area contributed by atoms with Crippen molar-refractivity contribution in [2.45, 2.75) is 52.0 Å². The summed E-state index contributed by atoms with van der Waals surface area (Å²) in [5, 5.41) is 15.0. The van der Waals surface area contributed by atoms with Gasteiger partial charge in [0.05, 0.1) is 23.1 Å². The van der Waals surface area contributed by atoms with Crippen LogP contribution in [0.25, 0.3) is 0 Å². The number of carbonyl (C=O) groups excluding carboxylic acids is 2. The molecular formula is C19H26N2O4. The van der Waals surface area contributed by atoms with Gasteiger partial charge in [-0.25, -0.2) is 0 Å². The van der Waals surface area contributed by atoms with E-state index in [1.807, 2.05) is 13.8 Å². The number of benzene rings is 1. The Morgan fingerprint density at radius 3 is 2.44 bits per heavy atom. The van der Waals surface area contributed by atoms with Gasteiger partial charge in [0.15, 0.2) is 0 Å². The maximum absolute atomic E-state index is 12.6. The minimum atomic E-state index is -0.928. The summed E-state index contributed by atoms with van der Waals surface area (Å²) < 4.78 is 0. The van der Waals surface area contributed by atoms with Crippen molar-refractivity contribution in [3.63, 3.8) is 0 Å². The third kappa shape index (κ3) is 4.81. The summed E-state index contributed by atoms with van der Waals surface area (Å²) >= 11 is 0. The number of para-hydroxylation sites is 1. The predicted octanol–water partition coefficient (Wildman–Crippen LogP) is 3.04. The van der Waals surface area contributed by atoms with Crippen LogP contribution in [0.15, 0.2) is 24.3 Å². The third-order valence-electron chi connectivity index (χ3n) is 4.84. The molecule has 1 aliphatic rings. The number of amides is 2. The lowest BCUT2D eigenvalue weighted by Gasteiger charge is -2.27. The topological polar surface area (TPSA) is 95.5 Å². The number of nitrogens with one attached hydrogen (secondary N) is 2. The summed E-state index contributed by atoms with van der Waals surface area (Å²) in [5.74, 6) is -2.71. The van der Waals surface area contributed by atoms with E-state index < -0.39 is 17.8 Å². The van der Waals surface area contributed by atoms with Crippen molar-refractivity contribution in [2.24, 2.45) is 11.8 Å². The molecule has 0 aromatic heterocycles. The summed E-state index contributed by atoms with van der Waals surface area (Å²) in [6, 6.07) is 6.84. The van der Waals surface area contributed by atoms with Crippen LogP contribution < -0.4 is 10.6 Å². The lowest BCUT2D eigenvalue weighted by Crippen LogP contribution is -2.37. The monoisotopic (exact) mass is 346 g/mol. The first-order chi connectivity index (χ1) is 11.9. The van der Waals surface area contributed by atoms with Crippen LogP contribution in [0, 0.1) is 11.8 Å². The van der Waals surface area contributed by atoms with Crippen molar-refractivity contribution < 1.29 is 19.5 Å². The minimum Gasteiger partial charge on any atom is -0.481 e. The molecule has 1 aromatic rings. The standard InChI is InChI=1S/C19H26N2O4/c1-3-12(2)20-18(23)15-10-6-7-11-16(15)21-17(22)13-8-4-5-9-14(13)19(24)25/h6-7,10-14H,3-5,8-9H2,1-2H3,(H,20,23)(H,21,22)(H,24,25)/t12-,13+,14-/m0/s1. The average molecular weight is 346 g/mol. The fraction of sp³-hybridized carbons (Fsp3) is 0.526. The number of hydrogen-bond donors (Lipinski definition) is 3. The molecule has 3 atom stereocenters. The maximum Gasteiger partial charge on any atom is 0.307 e. The fourth-order valence-electron chi connectivity index (χ4n) is 3.16. The second-order valence-electron chi connectivity index (χ2n) is 6.65. The maximum atomic E-state index is 12.6. The van der Waals surface area contributed by atoms with Gasteiger partial charge in [-0.05, 0) is 38.3 Å². The van der Waals surface area contributed by atoms with Crippen molar-refractivity contribution in [3.8, 4) is 0 Å². The number of carboxylic acids is 1. The molecule has 2 rings (SSSR count). The minimum absolute atomic E-state index is 0.0333. The lowest BCUT2D eigenvalue weighted by molar-refractivity contribution is -0.147. The van der Waals surface area contributed by atoms with E-state index in [1.165, 1.54) is 0 Å². The van der Waals surface area contributed by atoms with Crippen LogP contribution in [-0.4, -0.2) is 28.9 Å². The van der Waals surface area contributed by atoms with E-state index in [2.05, 4.69) is 10.6 Å². The zero-order chi connectivity index (χ0) is 18.4. The highest BCUT2D eigenvalue weighted by molar-refractivity contribution is 6.04. The van der Waals surface area contributed by atoms with E-state index in [9.17, 15) is 19.5 Å². The van der Waals surface area contributed by atoms with Crippen molar-refractivity contribution in [3.05, 3.63) is 29.8 Å². The van der Waals surface area contributed by atoms with Gasteiger partial charge in [0.2, 0.25) is 5.91 Å². The van der Waals surface area contributed by atoms with Crippen LogP contribution in [0.3, 0.4) is 0 Å². The molecule has 6 heteroatoms. The molecule has 1 fully saturated rings. The highest BCUT2D eigenvalue weighted by Gasteiger charge is 2.36. The van der Waals surface area contributed by atoms with E-state index in [1.54, 1.807) is 24.3 Å². The largest absolute Gasteiger partial charge is 0.481 e. The van der Waals surface area contributed by atoms with E-state index in [0.29, 0.717) is 24.1 Å². The van der Waals surface area contributed by atoms with Gasteiger partial charge in [0.25, 0.3) is 5.91 Å². The number of carboxylic acid groups (broad SMARTS) is 1. The Hall–Kier alpha value is -2.37. The van der Waals surface area contributed by atoms with Gasteiger partial charge in [-0.15, -0.1) is 0 Å². The molecule has 1 saturated carbocycles. The molecule has 0 radical (unpaired) electrons. The Balaban J connectivity index is 2.15. The van der Waals surface area contributed by atoms with Crippen molar-refractivity contribution in [2.75, 3.05) is 5.32 Å². The number of rotatable bonds is 6. The zero-order valence-corrected chi connectivity index (χ0v) is 14.7. The molecule has 1 aliphatic carbocycles. The van der Waals surface area contributed by atoms with Gasteiger partial charge in [-0.1, -0.05) is 31.9 Å². The molecule has 0 aliphatic heterocycles. The summed E-state index contributed by atoms with van der Waals surface area (Å²) in [7, 11) is 0. The average Bonchev–Trinajstić information content (AvgIpc) is 2.61. The number of carbonyl (C=O) groups is 3. The normalized spacial score (nSPS) is 21.2. The summed E-state index contributed by atoms with van der Waals surface area (Å²) in [5.41, 5.74) is 0.807. The zero-order valence-electron chi connectivity index (χ0n) is 14.7. The van der Waals surface area contributed by atoms with Crippen LogP contribution in [0.5, 0.6) is 0 Å². The third-order valence-corrected chi connectivity index (χ3v) is 4.84. The lowest BCUT2D eigenvalue weighted by atomic mass is 9.78. The van der Waals surface area contributed by atoms with Crippen LogP contribution in [-0.2, 0) is 9.59 Å². The Kier molecular flexibility index (Phi) is 6.56. The van der Waals surface area contributed by atoms with Crippen molar-refractivity contribution in [1.82, 2.24) is 5.32 Å². The number of hydrogen-bond acceptors (Lipinski definition) is 3. The molecule has 0 saturated heterocycles.